The first kappa shape index (κ1) is 25.4. The lowest BCUT2D eigenvalue weighted by Gasteiger charge is -2.34. The van der Waals surface area contributed by atoms with Crippen LogP contribution in [0.1, 0.15) is 5.82 Å². The molecule has 9 heteroatoms. The zero-order chi connectivity index (χ0) is 25.5. The van der Waals surface area contributed by atoms with Crippen molar-refractivity contribution in [3.8, 4) is 11.3 Å². The Kier molecular flexibility index (Phi) is 8.45. The highest BCUT2D eigenvalue weighted by atomic mass is 15.3. The fourth-order valence-corrected chi connectivity index (χ4v) is 4.74. The smallest absolute Gasteiger partial charge is 0.147 e. The van der Waals surface area contributed by atoms with E-state index >= 15 is 0 Å². The van der Waals surface area contributed by atoms with E-state index < -0.39 is 0 Å². The Morgan fingerprint density at radius 3 is 2.19 bits per heavy atom. The highest BCUT2D eigenvalue weighted by Crippen LogP contribution is 2.20. The summed E-state index contributed by atoms with van der Waals surface area (Å²) in [6.07, 6.45) is 3.70. The van der Waals surface area contributed by atoms with E-state index in [-0.39, 0.29) is 0 Å². The monoisotopic (exact) mass is 501 g/mol. The summed E-state index contributed by atoms with van der Waals surface area (Å²) in [7, 11) is 4.37. The van der Waals surface area contributed by atoms with Crippen LogP contribution in [0.2, 0.25) is 0 Å². The molecule has 4 heterocycles. The molecule has 2 aromatic heterocycles. The van der Waals surface area contributed by atoms with Crippen molar-refractivity contribution in [3.05, 3.63) is 60.7 Å². The molecule has 0 radical (unpaired) electrons. The second-order valence-corrected chi connectivity index (χ2v) is 10.1. The summed E-state index contributed by atoms with van der Waals surface area (Å²) in [6, 6.07) is 14.7. The van der Waals surface area contributed by atoms with Crippen LogP contribution in [0.25, 0.3) is 11.3 Å². The zero-order valence-corrected chi connectivity index (χ0v) is 22.1. The first-order valence-electron chi connectivity index (χ1n) is 13.3. The van der Waals surface area contributed by atoms with Gasteiger partial charge in [0.05, 0.1) is 12.2 Å². The van der Waals surface area contributed by atoms with Gasteiger partial charge in [-0.15, -0.1) is 0 Å². The molecular weight excluding hydrogens is 462 g/mol. The predicted molar refractivity (Wildman–Crippen MR) is 151 cm³/mol. The number of aromatic nitrogens is 3. The summed E-state index contributed by atoms with van der Waals surface area (Å²) in [4.78, 5) is 23.5. The molecule has 3 aromatic rings. The molecule has 196 valence electrons. The number of likely N-dealkylation sites (N-methyl/N-ethyl adjacent to an activating group) is 2. The minimum Gasteiger partial charge on any atom is -0.378 e. The Bertz CT molecular complexity index is 1100. The van der Waals surface area contributed by atoms with E-state index in [2.05, 4.69) is 84.6 Å². The van der Waals surface area contributed by atoms with E-state index in [0.29, 0.717) is 6.54 Å². The summed E-state index contributed by atoms with van der Waals surface area (Å²) in [5.41, 5.74) is 4.22. The van der Waals surface area contributed by atoms with Crippen LogP contribution in [0.3, 0.4) is 0 Å². The van der Waals surface area contributed by atoms with Gasteiger partial charge in [0.1, 0.15) is 11.6 Å². The third-order valence-electron chi connectivity index (χ3n) is 7.28. The molecule has 37 heavy (non-hydrogen) atoms. The zero-order valence-electron chi connectivity index (χ0n) is 22.1. The number of nitrogens with one attached hydrogen (secondary N) is 2. The average Bonchev–Trinajstić information content (AvgIpc) is 2.94. The van der Waals surface area contributed by atoms with Gasteiger partial charge in [-0.25, -0.2) is 15.0 Å². The molecule has 5 rings (SSSR count). The summed E-state index contributed by atoms with van der Waals surface area (Å²) < 4.78 is 0. The van der Waals surface area contributed by atoms with Crippen molar-refractivity contribution in [1.29, 1.82) is 0 Å². The van der Waals surface area contributed by atoms with Crippen molar-refractivity contribution in [2.75, 3.05) is 95.1 Å². The van der Waals surface area contributed by atoms with E-state index in [0.717, 1.165) is 94.0 Å². The van der Waals surface area contributed by atoms with Gasteiger partial charge in [-0.2, -0.15) is 0 Å². The molecule has 2 fully saturated rings. The van der Waals surface area contributed by atoms with Gasteiger partial charge in [0.15, 0.2) is 0 Å². The minimum atomic E-state index is 0.570. The molecule has 2 saturated heterocycles. The van der Waals surface area contributed by atoms with Crippen LogP contribution in [0.5, 0.6) is 0 Å². The fourth-order valence-electron chi connectivity index (χ4n) is 4.74. The molecule has 1 aromatic carbocycles. The van der Waals surface area contributed by atoms with E-state index in [9.17, 15) is 0 Å². The summed E-state index contributed by atoms with van der Waals surface area (Å²) in [5, 5.41) is 6.90. The number of pyridine rings is 1. The van der Waals surface area contributed by atoms with E-state index in [4.69, 9.17) is 4.98 Å². The number of piperazine rings is 2. The van der Waals surface area contributed by atoms with E-state index in [1.165, 1.54) is 5.69 Å². The molecule has 0 unspecified atom stereocenters. The van der Waals surface area contributed by atoms with Gasteiger partial charge in [0.2, 0.25) is 0 Å². The first-order valence-corrected chi connectivity index (χ1v) is 13.3. The Morgan fingerprint density at radius 2 is 1.49 bits per heavy atom. The van der Waals surface area contributed by atoms with Crippen LogP contribution in [0.15, 0.2) is 54.9 Å². The van der Waals surface area contributed by atoms with Crippen molar-refractivity contribution in [2.45, 2.75) is 6.54 Å². The van der Waals surface area contributed by atoms with Crippen molar-refractivity contribution in [1.82, 2.24) is 29.7 Å². The number of rotatable bonds is 9. The average molecular weight is 502 g/mol. The van der Waals surface area contributed by atoms with Gasteiger partial charge in [-0.05, 0) is 56.6 Å². The Morgan fingerprint density at radius 1 is 0.757 bits per heavy atom. The molecule has 0 spiro atoms. The highest BCUT2D eigenvalue weighted by Gasteiger charge is 2.14. The topological polar surface area (TPSA) is 75.7 Å². The van der Waals surface area contributed by atoms with Crippen LogP contribution in [0, 0.1) is 0 Å². The van der Waals surface area contributed by atoms with Gasteiger partial charge in [0.25, 0.3) is 0 Å². The second kappa shape index (κ2) is 12.3. The minimum absolute atomic E-state index is 0.570. The molecule has 0 saturated carbocycles. The molecule has 9 nitrogen and oxygen atoms in total. The number of hydrogen-bond acceptors (Lipinski definition) is 9. The van der Waals surface area contributed by atoms with Crippen molar-refractivity contribution in [2.24, 2.45) is 0 Å². The maximum Gasteiger partial charge on any atom is 0.147 e. The summed E-state index contributed by atoms with van der Waals surface area (Å²) in [6.45, 7) is 11.4. The van der Waals surface area contributed by atoms with Gasteiger partial charge < -0.3 is 25.3 Å². The SMILES string of the molecule is CN1CCN(CCNc2ccc(-c3ccnc(CNc4ccc(N5CCN(C)CC5)cc4)n3)cn2)CC1. The first-order chi connectivity index (χ1) is 18.1. The molecular formula is C28H39N9. The Balaban J connectivity index is 1.10. The van der Waals surface area contributed by atoms with Crippen LogP contribution in [0.4, 0.5) is 17.2 Å². The maximum absolute atomic E-state index is 4.76. The summed E-state index contributed by atoms with van der Waals surface area (Å²) in [5.74, 6) is 1.66. The maximum atomic E-state index is 4.76. The molecule has 2 aliphatic heterocycles. The van der Waals surface area contributed by atoms with Gasteiger partial charge >= 0.3 is 0 Å². The third-order valence-corrected chi connectivity index (χ3v) is 7.28. The lowest BCUT2D eigenvalue weighted by atomic mass is 10.2. The van der Waals surface area contributed by atoms with Gasteiger partial charge in [0, 0.05) is 94.8 Å². The number of benzene rings is 1. The largest absolute Gasteiger partial charge is 0.378 e. The lowest BCUT2D eigenvalue weighted by molar-refractivity contribution is 0.158. The standard InChI is InChI=1S/C28H39N9/c1-34-13-17-36(18-14-34)12-11-30-27-8-3-23(21-32-27)26-9-10-29-28(33-26)22-31-24-4-6-25(7-5-24)37-19-15-35(2)16-20-37/h3-10,21,31H,11-20,22H2,1-2H3,(H,30,32). The molecule has 0 aliphatic carbocycles. The molecule has 0 atom stereocenters. The highest BCUT2D eigenvalue weighted by molar-refractivity contribution is 5.59. The summed E-state index contributed by atoms with van der Waals surface area (Å²) >= 11 is 0. The van der Waals surface area contributed by atoms with Crippen molar-refractivity contribution >= 4 is 17.2 Å². The molecule has 2 aliphatic rings. The second-order valence-electron chi connectivity index (χ2n) is 10.1. The normalized spacial score (nSPS) is 17.6. The van der Waals surface area contributed by atoms with E-state index in [1.807, 2.05) is 24.5 Å². The van der Waals surface area contributed by atoms with Crippen LogP contribution in [-0.4, -0.2) is 109 Å². The van der Waals surface area contributed by atoms with E-state index in [1.54, 1.807) is 0 Å². The van der Waals surface area contributed by atoms with Gasteiger partial charge in [-0.1, -0.05) is 0 Å². The number of anilines is 3. The van der Waals surface area contributed by atoms with Crippen molar-refractivity contribution < 1.29 is 0 Å². The number of nitrogens with zero attached hydrogens (tertiary/aromatic N) is 7. The van der Waals surface area contributed by atoms with Crippen LogP contribution in [-0.2, 0) is 6.54 Å². The number of hydrogen-bond donors (Lipinski definition) is 2. The third kappa shape index (κ3) is 7.15. The Labute approximate surface area is 220 Å². The molecule has 2 N–H and O–H groups in total. The molecule has 0 amide bonds. The molecule has 0 bridgehead atoms. The van der Waals surface area contributed by atoms with Crippen LogP contribution < -0.4 is 15.5 Å². The van der Waals surface area contributed by atoms with Crippen molar-refractivity contribution in [3.63, 3.8) is 0 Å². The quantitative estimate of drug-likeness (QED) is 0.460. The van der Waals surface area contributed by atoms with Gasteiger partial charge in [-0.3, -0.25) is 4.90 Å². The lowest BCUT2D eigenvalue weighted by Crippen LogP contribution is -2.45. The fraction of sp³-hybridized carbons (Fsp3) is 0.464. The Hall–Kier alpha value is -3.27. The predicted octanol–water partition coefficient (Wildman–Crippen LogP) is 2.56. The van der Waals surface area contributed by atoms with Crippen LogP contribution >= 0.6 is 0 Å².